The van der Waals surface area contributed by atoms with Gasteiger partial charge in [-0.2, -0.15) is 0 Å². The minimum atomic E-state index is -3.60. The van der Waals surface area contributed by atoms with E-state index in [1.165, 1.54) is 11.4 Å². The van der Waals surface area contributed by atoms with Gasteiger partial charge in [-0.3, -0.25) is 9.59 Å². The third-order valence-electron chi connectivity index (χ3n) is 4.78. The molecule has 1 saturated heterocycles. The van der Waals surface area contributed by atoms with Gasteiger partial charge in [0.15, 0.2) is 5.25 Å². The highest BCUT2D eigenvalue weighted by Crippen LogP contribution is 2.21. The van der Waals surface area contributed by atoms with Crippen LogP contribution < -0.4 is 10.6 Å². The molecule has 2 unspecified atom stereocenters. The van der Waals surface area contributed by atoms with Crippen molar-refractivity contribution in [2.45, 2.75) is 37.5 Å². The fourth-order valence-electron chi connectivity index (χ4n) is 2.97. The first-order chi connectivity index (χ1) is 12.7. The lowest BCUT2D eigenvalue weighted by Gasteiger charge is -2.21. The molecule has 0 bridgehead atoms. The van der Waals surface area contributed by atoms with Crippen LogP contribution in [0.4, 0.5) is 0 Å². The molecule has 0 aromatic heterocycles. The lowest BCUT2D eigenvalue weighted by Crippen LogP contribution is -2.43. The predicted octanol–water partition coefficient (Wildman–Crippen LogP) is 1.30. The van der Waals surface area contributed by atoms with Crippen molar-refractivity contribution in [2.24, 2.45) is 0 Å². The summed E-state index contributed by atoms with van der Waals surface area (Å²) < 4.78 is 25.5. The normalized spacial score (nSPS) is 20.2. The number of hydrogen-bond acceptors (Lipinski definition) is 4. The number of nitrogens with one attached hydrogen (secondary N) is 2. The van der Waals surface area contributed by atoms with Gasteiger partial charge in [0.05, 0.1) is 6.04 Å². The Morgan fingerprint density at radius 2 is 1.85 bits per heavy atom. The molecule has 1 heterocycles. The molecule has 0 aliphatic carbocycles. The summed E-state index contributed by atoms with van der Waals surface area (Å²) >= 11 is 0. The summed E-state index contributed by atoms with van der Waals surface area (Å²) in [6.07, 6.45) is 1.42. The van der Waals surface area contributed by atoms with E-state index < -0.39 is 27.2 Å². The van der Waals surface area contributed by atoms with Gasteiger partial charge in [-0.1, -0.05) is 44.7 Å². The van der Waals surface area contributed by atoms with Crippen LogP contribution in [0.5, 0.6) is 0 Å². The molecule has 2 N–H and O–H groups in total. The molecule has 0 spiro atoms. The number of carbonyl (C=O) groups is 2. The molecule has 1 aliphatic rings. The van der Waals surface area contributed by atoms with Gasteiger partial charge in [0, 0.05) is 20.1 Å². The van der Waals surface area contributed by atoms with E-state index in [4.69, 9.17) is 0 Å². The minimum Gasteiger partial charge on any atom is -0.353 e. The Morgan fingerprint density at radius 3 is 2.33 bits per heavy atom. The number of nitrogens with zero attached hydrogens (tertiary/aromatic N) is 1. The molecule has 1 aromatic rings. The molecule has 2 atom stereocenters. The van der Waals surface area contributed by atoms with Gasteiger partial charge < -0.3 is 10.6 Å². The van der Waals surface area contributed by atoms with Crippen molar-refractivity contribution in [1.82, 2.24) is 14.9 Å². The topological polar surface area (TPSA) is 95.6 Å². The first-order valence-electron chi connectivity index (χ1n) is 8.92. The molecule has 1 aromatic carbocycles. The predicted molar refractivity (Wildman–Crippen MR) is 105 cm³/mol. The van der Waals surface area contributed by atoms with Crippen LogP contribution in [-0.4, -0.2) is 49.9 Å². The van der Waals surface area contributed by atoms with Gasteiger partial charge in [0.2, 0.25) is 21.8 Å². The first kappa shape index (κ1) is 21.1. The van der Waals surface area contributed by atoms with Crippen molar-refractivity contribution in [3.8, 4) is 0 Å². The minimum absolute atomic E-state index is 0.0924. The molecule has 2 amide bonds. The van der Waals surface area contributed by atoms with Crippen LogP contribution in [0.2, 0.25) is 0 Å². The summed E-state index contributed by atoms with van der Waals surface area (Å²) in [5.74, 6) is -0.532. The van der Waals surface area contributed by atoms with Crippen molar-refractivity contribution in [3.63, 3.8) is 0 Å². The number of rotatable bonds is 7. The van der Waals surface area contributed by atoms with E-state index in [1.807, 2.05) is 24.3 Å². The number of carbonyl (C=O) groups excluding carboxylic acids is 2. The lowest BCUT2D eigenvalue weighted by molar-refractivity contribution is -0.121. The largest absolute Gasteiger partial charge is 0.353 e. The highest BCUT2D eigenvalue weighted by molar-refractivity contribution is 7.90. The summed E-state index contributed by atoms with van der Waals surface area (Å²) in [5.41, 5.74) is 1.98. The van der Waals surface area contributed by atoms with E-state index >= 15 is 0 Å². The highest BCUT2D eigenvalue weighted by Gasteiger charge is 2.41. The maximum Gasteiger partial charge on any atom is 0.243 e. The Kier molecular flexibility index (Phi) is 6.78. The second-order valence-electron chi connectivity index (χ2n) is 6.98. The number of benzene rings is 1. The van der Waals surface area contributed by atoms with Gasteiger partial charge in [-0.05, 0) is 29.5 Å². The van der Waals surface area contributed by atoms with E-state index in [0.29, 0.717) is 12.5 Å². The van der Waals surface area contributed by atoms with Gasteiger partial charge >= 0.3 is 0 Å². The highest BCUT2D eigenvalue weighted by atomic mass is 32.2. The molecule has 0 saturated carbocycles. The third-order valence-corrected chi connectivity index (χ3v) is 7.00. The Balaban J connectivity index is 2.12. The molecule has 8 heteroatoms. The summed E-state index contributed by atoms with van der Waals surface area (Å²) in [4.78, 5) is 24.2. The van der Waals surface area contributed by atoms with E-state index in [-0.39, 0.29) is 18.9 Å². The Bertz CT molecular complexity index is 803. The maximum absolute atomic E-state index is 12.4. The molecule has 27 heavy (non-hydrogen) atoms. The van der Waals surface area contributed by atoms with Gasteiger partial charge in [0.25, 0.3) is 0 Å². The first-order valence-corrected chi connectivity index (χ1v) is 10.4. The zero-order valence-electron chi connectivity index (χ0n) is 15.9. The maximum atomic E-state index is 12.4. The zero-order chi connectivity index (χ0) is 20.2. The monoisotopic (exact) mass is 393 g/mol. The fraction of sp³-hybridized carbons (Fsp3) is 0.474. The van der Waals surface area contributed by atoms with Gasteiger partial charge in [0.1, 0.15) is 0 Å². The summed E-state index contributed by atoms with van der Waals surface area (Å²) in [5, 5.41) is 4.37. The second kappa shape index (κ2) is 8.67. The fourth-order valence-corrected chi connectivity index (χ4v) is 4.52. The van der Waals surface area contributed by atoms with Crippen molar-refractivity contribution >= 4 is 21.8 Å². The van der Waals surface area contributed by atoms with Crippen LogP contribution in [-0.2, 0) is 19.6 Å². The number of hydrogen-bond donors (Lipinski definition) is 2. The zero-order valence-corrected chi connectivity index (χ0v) is 16.8. The van der Waals surface area contributed by atoms with Crippen LogP contribution in [0.1, 0.15) is 43.4 Å². The average Bonchev–Trinajstić information content (AvgIpc) is 2.91. The van der Waals surface area contributed by atoms with E-state index in [9.17, 15) is 18.0 Å². The molecule has 2 rings (SSSR count). The van der Waals surface area contributed by atoms with Crippen LogP contribution in [0.25, 0.3) is 0 Å². The number of sulfonamides is 1. The van der Waals surface area contributed by atoms with Crippen LogP contribution in [0, 0.1) is 0 Å². The summed E-state index contributed by atoms with van der Waals surface area (Å²) in [6.45, 7) is 8.04. The average molecular weight is 394 g/mol. The summed E-state index contributed by atoms with van der Waals surface area (Å²) in [7, 11) is -2.14. The van der Waals surface area contributed by atoms with Gasteiger partial charge in [-0.25, -0.2) is 12.7 Å². The quantitative estimate of drug-likeness (QED) is 0.683. The molecule has 1 aliphatic heterocycles. The molecule has 0 radical (unpaired) electrons. The molecule has 148 valence electrons. The SMILES string of the molecule is C=CC(=O)NC(CNC(=O)C1CCN(C)S1(=O)=O)c1ccc(C(C)C)cc1. The second-order valence-corrected chi connectivity index (χ2v) is 9.20. The Morgan fingerprint density at radius 1 is 1.26 bits per heavy atom. The Labute approximate surface area is 160 Å². The molecular formula is C19H27N3O4S. The summed E-state index contributed by atoms with van der Waals surface area (Å²) in [6, 6.07) is 7.27. The third kappa shape index (κ3) is 4.95. The van der Waals surface area contributed by atoms with Crippen LogP contribution in [0.15, 0.2) is 36.9 Å². The van der Waals surface area contributed by atoms with Crippen molar-refractivity contribution < 1.29 is 18.0 Å². The van der Waals surface area contributed by atoms with E-state index in [0.717, 1.165) is 17.2 Å². The standard InChI is InChI=1S/C19H27N3O4S/c1-5-18(23)21-16(15-8-6-14(7-9-15)13(2)3)12-20-19(24)17-10-11-22(4)27(17,25)26/h5-9,13,16-17H,1,10-12H2,2-4H3,(H,20,24)(H,21,23). The van der Waals surface area contributed by atoms with Crippen molar-refractivity contribution in [2.75, 3.05) is 20.1 Å². The van der Waals surface area contributed by atoms with E-state index in [1.54, 1.807) is 0 Å². The lowest BCUT2D eigenvalue weighted by atomic mass is 9.99. The van der Waals surface area contributed by atoms with Gasteiger partial charge in [-0.15, -0.1) is 0 Å². The van der Waals surface area contributed by atoms with E-state index in [2.05, 4.69) is 31.1 Å². The molecule has 1 fully saturated rings. The van der Waals surface area contributed by atoms with Crippen molar-refractivity contribution in [1.29, 1.82) is 0 Å². The molecular weight excluding hydrogens is 366 g/mol. The van der Waals surface area contributed by atoms with Crippen LogP contribution in [0.3, 0.4) is 0 Å². The van der Waals surface area contributed by atoms with Crippen molar-refractivity contribution in [3.05, 3.63) is 48.0 Å². The smallest absolute Gasteiger partial charge is 0.243 e. The van der Waals surface area contributed by atoms with Crippen LogP contribution >= 0.6 is 0 Å². The molecule has 7 nitrogen and oxygen atoms in total. The Hall–Kier alpha value is -2.19. The number of amides is 2.